The monoisotopic (exact) mass is 332 g/mol. The standard InChI is InChI=1S/C18H16N6O/c1-3-25-12(2)16-10-20-17-18(21-16)24(23-22-17)11-13-6-7-15-14(9-13)5-4-8-19-15/h4-10H,2-3,11H2,1H3. The molecular weight excluding hydrogens is 316 g/mol. The Balaban J connectivity index is 1.70. The van der Waals surface area contributed by atoms with Gasteiger partial charge in [0.05, 0.1) is 24.9 Å². The topological polar surface area (TPSA) is 78.6 Å². The zero-order valence-corrected chi connectivity index (χ0v) is 13.8. The molecule has 7 nitrogen and oxygen atoms in total. The highest BCUT2D eigenvalue weighted by atomic mass is 16.5. The van der Waals surface area contributed by atoms with Gasteiger partial charge < -0.3 is 4.74 Å². The highest BCUT2D eigenvalue weighted by Crippen LogP contribution is 2.17. The van der Waals surface area contributed by atoms with Gasteiger partial charge in [-0.05, 0) is 30.7 Å². The lowest BCUT2D eigenvalue weighted by Gasteiger charge is -2.06. The molecular formula is C18H16N6O. The van der Waals surface area contributed by atoms with Gasteiger partial charge in [0.2, 0.25) is 5.65 Å². The smallest absolute Gasteiger partial charge is 0.221 e. The first-order valence-electron chi connectivity index (χ1n) is 7.96. The van der Waals surface area contributed by atoms with Crippen molar-refractivity contribution in [2.24, 2.45) is 0 Å². The van der Waals surface area contributed by atoms with Crippen LogP contribution in [0.15, 0.2) is 49.3 Å². The third-order valence-corrected chi connectivity index (χ3v) is 3.83. The van der Waals surface area contributed by atoms with E-state index in [4.69, 9.17) is 4.74 Å². The Hall–Kier alpha value is -3.35. The maximum Gasteiger partial charge on any atom is 0.221 e. The van der Waals surface area contributed by atoms with Crippen LogP contribution in [0.4, 0.5) is 0 Å². The summed E-state index contributed by atoms with van der Waals surface area (Å²) < 4.78 is 7.13. The van der Waals surface area contributed by atoms with E-state index < -0.39 is 0 Å². The lowest BCUT2D eigenvalue weighted by Crippen LogP contribution is -2.04. The largest absolute Gasteiger partial charge is 0.492 e. The number of aromatic nitrogens is 6. The molecule has 0 atom stereocenters. The van der Waals surface area contributed by atoms with Crippen LogP contribution in [0.5, 0.6) is 0 Å². The molecule has 0 saturated carbocycles. The summed E-state index contributed by atoms with van der Waals surface area (Å²) in [5.74, 6) is 0.487. The van der Waals surface area contributed by atoms with Gasteiger partial charge in [-0.3, -0.25) is 4.98 Å². The van der Waals surface area contributed by atoms with Crippen LogP contribution in [-0.2, 0) is 11.3 Å². The summed E-state index contributed by atoms with van der Waals surface area (Å²) in [6.45, 7) is 6.84. The Bertz CT molecular complexity index is 1070. The van der Waals surface area contributed by atoms with Crippen molar-refractivity contribution in [3.8, 4) is 0 Å². The van der Waals surface area contributed by atoms with Gasteiger partial charge in [0.15, 0.2) is 5.65 Å². The van der Waals surface area contributed by atoms with E-state index in [0.29, 0.717) is 35.9 Å². The van der Waals surface area contributed by atoms with Crippen molar-refractivity contribution in [1.29, 1.82) is 0 Å². The Kier molecular flexibility index (Phi) is 3.81. The molecule has 4 rings (SSSR count). The van der Waals surface area contributed by atoms with Gasteiger partial charge >= 0.3 is 0 Å². The molecule has 0 spiro atoms. The van der Waals surface area contributed by atoms with Crippen LogP contribution in [0.1, 0.15) is 18.2 Å². The fraction of sp³-hybridized carbons (Fsp3) is 0.167. The van der Waals surface area contributed by atoms with Gasteiger partial charge in [-0.2, -0.15) is 0 Å². The number of fused-ring (bicyclic) bond motifs is 2. The van der Waals surface area contributed by atoms with Crippen LogP contribution in [0, 0.1) is 0 Å². The summed E-state index contributed by atoms with van der Waals surface area (Å²) in [6.07, 6.45) is 3.39. The summed E-state index contributed by atoms with van der Waals surface area (Å²) in [6, 6.07) is 10.1. The highest BCUT2D eigenvalue weighted by Gasteiger charge is 2.11. The summed E-state index contributed by atoms with van der Waals surface area (Å²) >= 11 is 0. The third kappa shape index (κ3) is 2.91. The normalized spacial score (nSPS) is 11.1. The number of ether oxygens (including phenoxy) is 1. The average Bonchev–Trinajstić information content (AvgIpc) is 3.04. The van der Waals surface area contributed by atoms with Crippen molar-refractivity contribution in [1.82, 2.24) is 29.9 Å². The van der Waals surface area contributed by atoms with E-state index in [1.54, 1.807) is 17.1 Å². The van der Waals surface area contributed by atoms with Crippen molar-refractivity contribution in [2.45, 2.75) is 13.5 Å². The van der Waals surface area contributed by atoms with Crippen molar-refractivity contribution in [3.63, 3.8) is 0 Å². The Morgan fingerprint density at radius 2 is 2.16 bits per heavy atom. The Morgan fingerprint density at radius 3 is 3.04 bits per heavy atom. The van der Waals surface area contributed by atoms with Crippen molar-refractivity contribution in [3.05, 3.63) is 60.6 Å². The molecule has 0 aliphatic heterocycles. The van der Waals surface area contributed by atoms with Crippen molar-refractivity contribution < 1.29 is 4.74 Å². The minimum Gasteiger partial charge on any atom is -0.492 e. The third-order valence-electron chi connectivity index (χ3n) is 3.83. The van der Waals surface area contributed by atoms with Crippen LogP contribution >= 0.6 is 0 Å². The molecule has 3 heterocycles. The van der Waals surface area contributed by atoms with E-state index in [-0.39, 0.29) is 0 Å². The zero-order chi connectivity index (χ0) is 17.2. The molecule has 0 aliphatic rings. The summed E-state index contributed by atoms with van der Waals surface area (Å²) in [5, 5.41) is 9.34. The van der Waals surface area contributed by atoms with E-state index in [0.717, 1.165) is 16.5 Å². The van der Waals surface area contributed by atoms with E-state index in [2.05, 4.69) is 37.9 Å². The van der Waals surface area contributed by atoms with Crippen LogP contribution in [-0.4, -0.2) is 36.6 Å². The second kappa shape index (κ2) is 6.27. The van der Waals surface area contributed by atoms with Crippen molar-refractivity contribution in [2.75, 3.05) is 6.61 Å². The lowest BCUT2D eigenvalue weighted by atomic mass is 10.1. The SMILES string of the molecule is C=C(OCC)c1cnc2nnn(Cc3ccc4ncccc4c3)c2n1. The molecule has 0 bridgehead atoms. The first kappa shape index (κ1) is 15.2. The number of hydrogen-bond donors (Lipinski definition) is 0. The van der Waals surface area contributed by atoms with Gasteiger partial charge in [0.1, 0.15) is 11.5 Å². The molecule has 0 unspecified atom stereocenters. The molecule has 0 radical (unpaired) electrons. The summed E-state index contributed by atoms with van der Waals surface area (Å²) in [4.78, 5) is 13.2. The number of hydrogen-bond acceptors (Lipinski definition) is 6. The Labute approximate surface area is 144 Å². The molecule has 4 aromatic rings. The predicted octanol–water partition coefficient (Wildman–Crippen LogP) is 2.83. The molecule has 1 aromatic carbocycles. The zero-order valence-electron chi connectivity index (χ0n) is 13.8. The molecule has 0 saturated heterocycles. The quantitative estimate of drug-likeness (QED) is 0.523. The van der Waals surface area contributed by atoms with Gasteiger partial charge in [-0.25, -0.2) is 14.6 Å². The van der Waals surface area contributed by atoms with Gasteiger partial charge in [-0.15, -0.1) is 5.10 Å². The van der Waals surface area contributed by atoms with Crippen LogP contribution in [0.3, 0.4) is 0 Å². The van der Waals surface area contributed by atoms with Crippen LogP contribution < -0.4 is 0 Å². The van der Waals surface area contributed by atoms with Gasteiger partial charge in [0, 0.05) is 11.6 Å². The highest BCUT2D eigenvalue weighted by molar-refractivity contribution is 5.79. The molecule has 124 valence electrons. The fourth-order valence-corrected chi connectivity index (χ4v) is 2.64. The number of benzene rings is 1. The van der Waals surface area contributed by atoms with E-state index in [1.165, 1.54) is 0 Å². The number of rotatable bonds is 5. The first-order valence-corrected chi connectivity index (χ1v) is 7.96. The van der Waals surface area contributed by atoms with Crippen LogP contribution in [0.2, 0.25) is 0 Å². The van der Waals surface area contributed by atoms with E-state index in [1.807, 2.05) is 31.2 Å². The van der Waals surface area contributed by atoms with E-state index >= 15 is 0 Å². The maximum absolute atomic E-state index is 5.41. The number of pyridine rings is 1. The van der Waals surface area contributed by atoms with E-state index in [9.17, 15) is 0 Å². The summed E-state index contributed by atoms with van der Waals surface area (Å²) in [7, 11) is 0. The predicted molar refractivity (Wildman–Crippen MR) is 94.6 cm³/mol. The maximum atomic E-state index is 5.41. The second-order valence-electron chi connectivity index (χ2n) is 5.54. The summed E-state index contributed by atoms with van der Waals surface area (Å²) in [5.41, 5.74) is 3.73. The molecule has 3 aromatic heterocycles. The van der Waals surface area contributed by atoms with Gasteiger partial charge in [0.25, 0.3) is 0 Å². The Morgan fingerprint density at radius 1 is 1.24 bits per heavy atom. The van der Waals surface area contributed by atoms with Gasteiger partial charge in [-0.1, -0.05) is 23.9 Å². The first-order chi connectivity index (χ1) is 12.2. The molecule has 0 aliphatic carbocycles. The average molecular weight is 332 g/mol. The second-order valence-corrected chi connectivity index (χ2v) is 5.54. The fourth-order valence-electron chi connectivity index (χ4n) is 2.64. The lowest BCUT2D eigenvalue weighted by molar-refractivity contribution is 0.297. The molecule has 25 heavy (non-hydrogen) atoms. The molecule has 0 fully saturated rings. The van der Waals surface area contributed by atoms with Crippen molar-refractivity contribution >= 4 is 28.0 Å². The molecule has 7 heteroatoms. The minimum absolute atomic E-state index is 0.487. The van der Waals surface area contributed by atoms with Crippen LogP contribution in [0.25, 0.3) is 28.0 Å². The molecule has 0 N–H and O–H groups in total. The number of nitrogens with zero attached hydrogens (tertiary/aromatic N) is 6. The molecule has 0 amide bonds. The minimum atomic E-state index is 0.487.